The summed E-state index contributed by atoms with van der Waals surface area (Å²) in [5, 5.41) is 2.65. The molecule has 0 aliphatic rings. The topological polar surface area (TPSA) is 49.4 Å². The number of likely N-dealkylation sites (N-methyl/N-ethyl adjacent to an activating group) is 1. The van der Waals surface area contributed by atoms with Crippen LogP contribution in [0.4, 0.5) is 0 Å². The van der Waals surface area contributed by atoms with E-state index in [0.29, 0.717) is 13.0 Å². The zero-order valence-corrected chi connectivity index (χ0v) is 17.1. The molecule has 2 aromatic rings. The van der Waals surface area contributed by atoms with Crippen LogP contribution in [0.25, 0.3) is 0 Å². The van der Waals surface area contributed by atoms with E-state index in [4.69, 9.17) is 0 Å². The maximum Gasteiger partial charge on any atom is 0.242 e. The SMILES string of the molecule is CNC(=O)[C@H](C)N(Cc1cccc(C)c1)C(=O)CCSCc1ccccc1. The van der Waals surface area contributed by atoms with E-state index in [9.17, 15) is 9.59 Å². The molecule has 0 unspecified atom stereocenters. The van der Waals surface area contributed by atoms with Crippen LogP contribution >= 0.6 is 11.8 Å². The van der Waals surface area contributed by atoms with Gasteiger partial charge in [-0.3, -0.25) is 9.59 Å². The zero-order valence-electron chi connectivity index (χ0n) is 16.3. The maximum absolute atomic E-state index is 12.8. The van der Waals surface area contributed by atoms with Crippen LogP contribution < -0.4 is 5.32 Å². The average molecular weight is 385 g/mol. The van der Waals surface area contributed by atoms with Gasteiger partial charge in [0.2, 0.25) is 11.8 Å². The summed E-state index contributed by atoms with van der Waals surface area (Å²) >= 11 is 1.74. The monoisotopic (exact) mass is 384 g/mol. The molecule has 2 rings (SSSR count). The van der Waals surface area contributed by atoms with Gasteiger partial charge in [-0.2, -0.15) is 11.8 Å². The van der Waals surface area contributed by atoms with Crippen molar-refractivity contribution in [3.05, 3.63) is 71.3 Å². The van der Waals surface area contributed by atoms with Crippen molar-refractivity contribution in [2.45, 2.75) is 38.6 Å². The quantitative estimate of drug-likeness (QED) is 0.670. The Kier molecular flexibility index (Phi) is 8.40. The molecular formula is C22H28N2O2S. The molecule has 27 heavy (non-hydrogen) atoms. The Labute approximate surface area is 166 Å². The van der Waals surface area contributed by atoms with E-state index >= 15 is 0 Å². The van der Waals surface area contributed by atoms with Gasteiger partial charge in [-0.25, -0.2) is 0 Å². The van der Waals surface area contributed by atoms with E-state index in [1.807, 2.05) is 43.3 Å². The number of aryl methyl sites for hydroxylation is 1. The van der Waals surface area contributed by atoms with Crippen LogP contribution in [-0.4, -0.2) is 35.6 Å². The van der Waals surface area contributed by atoms with Gasteiger partial charge in [-0.05, 0) is 25.0 Å². The van der Waals surface area contributed by atoms with Crippen molar-refractivity contribution in [1.29, 1.82) is 0 Å². The molecule has 4 nitrogen and oxygen atoms in total. The van der Waals surface area contributed by atoms with Crippen LogP contribution in [0.5, 0.6) is 0 Å². The first kappa shape index (κ1) is 21.0. The number of thioether (sulfide) groups is 1. The number of carbonyl (C=O) groups is 2. The highest BCUT2D eigenvalue weighted by molar-refractivity contribution is 7.98. The molecule has 2 aromatic carbocycles. The summed E-state index contributed by atoms with van der Waals surface area (Å²) in [6.07, 6.45) is 0.421. The van der Waals surface area contributed by atoms with Gasteiger partial charge in [0.25, 0.3) is 0 Å². The lowest BCUT2D eigenvalue weighted by Gasteiger charge is -2.28. The van der Waals surface area contributed by atoms with Crippen LogP contribution in [-0.2, 0) is 21.9 Å². The third-order valence-corrected chi connectivity index (χ3v) is 5.45. The predicted octanol–water partition coefficient (Wildman–Crippen LogP) is 3.78. The first-order valence-electron chi connectivity index (χ1n) is 9.19. The first-order chi connectivity index (χ1) is 13.0. The molecule has 1 atom stereocenters. The van der Waals surface area contributed by atoms with Crippen molar-refractivity contribution in [2.75, 3.05) is 12.8 Å². The molecule has 0 bridgehead atoms. The number of benzene rings is 2. The summed E-state index contributed by atoms with van der Waals surface area (Å²) in [5.74, 6) is 1.48. The minimum atomic E-state index is -0.498. The normalized spacial score (nSPS) is 11.7. The van der Waals surface area contributed by atoms with E-state index < -0.39 is 6.04 Å². The Morgan fingerprint density at radius 2 is 1.78 bits per heavy atom. The number of nitrogens with zero attached hydrogens (tertiary/aromatic N) is 1. The van der Waals surface area contributed by atoms with Gasteiger partial charge in [0, 0.05) is 31.5 Å². The fraction of sp³-hybridized carbons (Fsp3) is 0.364. The molecule has 5 heteroatoms. The smallest absolute Gasteiger partial charge is 0.242 e. The van der Waals surface area contributed by atoms with Crippen molar-refractivity contribution in [1.82, 2.24) is 10.2 Å². The second-order valence-electron chi connectivity index (χ2n) is 6.59. The van der Waals surface area contributed by atoms with E-state index in [2.05, 4.69) is 23.5 Å². The predicted molar refractivity (Wildman–Crippen MR) is 112 cm³/mol. The first-order valence-corrected chi connectivity index (χ1v) is 10.3. The number of hydrogen-bond donors (Lipinski definition) is 1. The fourth-order valence-corrected chi connectivity index (χ4v) is 3.76. The van der Waals surface area contributed by atoms with Crippen LogP contribution in [0.3, 0.4) is 0 Å². The summed E-state index contributed by atoms with van der Waals surface area (Å²) in [6.45, 7) is 4.25. The minimum Gasteiger partial charge on any atom is -0.357 e. The number of nitrogens with one attached hydrogen (secondary N) is 1. The van der Waals surface area contributed by atoms with Gasteiger partial charge >= 0.3 is 0 Å². The van der Waals surface area contributed by atoms with Crippen LogP contribution in [0.15, 0.2) is 54.6 Å². The van der Waals surface area contributed by atoms with E-state index in [1.165, 1.54) is 5.56 Å². The maximum atomic E-state index is 12.8. The van der Waals surface area contributed by atoms with Crippen molar-refractivity contribution >= 4 is 23.6 Å². The van der Waals surface area contributed by atoms with Gasteiger partial charge in [-0.15, -0.1) is 0 Å². The molecule has 0 heterocycles. The second kappa shape index (κ2) is 10.8. The van der Waals surface area contributed by atoms with Gasteiger partial charge in [0.05, 0.1) is 0 Å². The molecule has 0 saturated carbocycles. The average Bonchev–Trinajstić information content (AvgIpc) is 2.69. The largest absolute Gasteiger partial charge is 0.357 e. The Hall–Kier alpha value is -2.27. The molecule has 0 aliphatic carbocycles. The fourth-order valence-electron chi connectivity index (χ4n) is 2.87. The van der Waals surface area contributed by atoms with Crippen molar-refractivity contribution in [3.63, 3.8) is 0 Å². The molecule has 0 aromatic heterocycles. The Morgan fingerprint density at radius 1 is 1.07 bits per heavy atom. The van der Waals surface area contributed by atoms with Crippen molar-refractivity contribution < 1.29 is 9.59 Å². The molecular weight excluding hydrogens is 356 g/mol. The zero-order chi connectivity index (χ0) is 19.6. The molecule has 0 radical (unpaired) electrons. The van der Waals surface area contributed by atoms with Crippen molar-refractivity contribution in [2.24, 2.45) is 0 Å². The third kappa shape index (κ3) is 6.75. The van der Waals surface area contributed by atoms with Crippen LogP contribution in [0.2, 0.25) is 0 Å². The molecule has 0 aliphatic heterocycles. The molecule has 0 saturated heterocycles. The van der Waals surface area contributed by atoms with E-state index in [-0.39, 0.29) is 11.8 Å². The molecule has 0 spiro atoms. The van der Waals surface area contributed by atoms with E-state index in [1.54, 1.807) is 30.6 Å². The lowest BCUT2D eigenvalue weighted by molar-refractivity contribution is -0.140. The van der Waals surface area contributed by atoms with E-state index in [0.717, 1.165) is 22.6 Å². The lowest BCUT2D eigenvalue weighted by Crippen LogP contribution is -2.46. The van der Waals surface area contributed by atoms with Crippen LogP contribution in [0, 0.1) is 6.92 Å². The lowest BCUT2D eigenvalue weighted by atomic mass is 10.1. The summed E-state index contributed by atoms with van der Waals surface area (Å²) < 4.78 is 0. The van der Waals surface area contributed by atoms with Gasteiger partial charge in [0.1, 0.15) is 6.04 Å². The standard InChI is InChI=1S/C22H28N2O2S/c1-17-8-7-11-20(14-17)15-24(18(2)22(26)23-3)21(25)12-13-27-16-19-9-5-4-6-10-19/h4-11,14,18H,12-13,15-16H2,1-3H3,(H,23,26)/t18-/m0/s1. The third-order valence-electron chi connectivity index (χ3n) is 4.42. The minimum absolute atomic E-state index is 0.00756. The highest BCUT2D eigenvalue weighted by atomic mass is 32.2. The number of amides is 2. The molecule has 2 amide bonds. The Morgan fingerprint density at radius 3 is 2.44 bits per heavy atom. The summed E-state index contributed by atoms with van der Waals surface area (Å²) in [5.41, 5.74) is 3.44. The summed E-state index contributed by atoms with van der Waals surface area (Å²) in [4.78, 5) is 26.6. The highest BCUT2D eigenvalue weighted by Crippen LogP contribution is 2.16. The van der Waals surface area contributed by atoms with Gasteiger partial charge in [-0.1, -0.05) is 60.2 Å². The van der Waals surface area contributed by atoms with Gasteiger partial charge < -0.3 is 10.2 Å². The summed E-state index contributed by atoms with van der Waals surface area (Å²) in [6, 6.07) is 17.8. The van der Waals surface area contributed by atoms with Gasteiger partial charge in [0.15, 0.2) is 0 Å². The Balaban J connectivity index is 1.96. The molecule has 0 fully saturated rings. The Bertz CT molecular complexity index is 749. The number of rotatable bonds is 9. The molecule has 1 N–H and O–H groups in total. The number of hydrogen-bond acceptors (Lipinski definition) is 3. The highest BCUT2D eigenvalue weighted by Gasteiger charge is 2.25. The van der Waals surface area contributed by atoms with Crippen molar-refractivity contribution in [3.8, 4) is 0 Å². The second-order valence-corrected chi connectivity index (χ2v) is 7.69. The summed E-state index contributed by atoms with van der Waals surface area (Å²) in [7, 11) is 1.60. The van der Waals surface area contributed by atoms with Crippen LogP contribution in [0.1, 0.15) is 30.0 Å². The molecule has 144 valence electrons. The number of carbonyl (C=O) groups excluding carboxylic acids is 2.